The van der Waals surface area contributed by atoms with E-state index in [1.165, 1.54) is 0 Å². The van der Waals surface area contributed by atoms with Gasteiger partial charge in [0.15, 0.2) is 9.84 Å². The molecule has 1 saturated heterocycles. The quantitative estimate of drug-likeness (QED) is 0.144. The Morgan fingerprint density at radius 1 is 0.925 bits per heavy atom. The molecule has 0 aromatic heterocycles. The summed E-state index contributed by atoms with van der Waals surface area (Å²) in [5.74, 6) is -0.164. The number of nitrogens with one attached hydrogen (secondary N) is 4. The summed E-state index contributed by atoms with van der Waals surface area (Å²) in [6, 6.07) is -3.61. The molecule has 1 aliphatic heterocycles. The van der Waals surface area contributed by atoms with Crippen LogP contribution >= 0.6 is 0 Å². The van der Waals surface area contributed by atoms with Crippen LogP contribution in [-0.4, -0.2) is 89.6 Å². The van der Waals surface area contributed by atoms with Crippen LogP contribution in [0.3, 0.4) is 0 Å². The molecule has 4 aliphatic carbocycles. The van der Waals surface area contributed by atoms with Crippen LogP contribution in [0.15, 0.2) is 0 Å². The second kappa shape index (κ2) is 15.5. The molecule has 4 N–H and O–H groups in total. The molecule has 296 valence electrons. The molecular weight excluding hydrogens is 695 g/mol. The third kappa shape index (κ3) is 8.73. The third-order valence-corrected chi connectivity index (χ3v) is 16.6. The molecule has 5 fully saturated rings. The Morgan fingerprint density at radius 2 is 1.53 bits per heavy atom. The molecule has 2 unspecified atom stereocenters. The van der Waals surface area contributed by atoms with E-state index in [1.807, 2.05) is 13.8 Å². The Labute approximate surface area is 316 Å². The fourth-order valence-electron chi connectivity index (χ4n) is 9.28. The first kappa shape index (κ1) is 41.0. The van der Waals surface area contributed by atoms with E-state index < -0.39 is 67.3 Å². The van der Waals surface area contributed by atoms with Gasteiger partial charge in [-0.3, -0.25) is 19.2 Å². The summed E-state index contributed by atoms with van der Waals surface area (Å²) >= 11 is 0. The highest BCUT2D eigenvalue weighted by molar-refractivity contribution is 7.92. The molecule has 5 rings (SSSR count). The van der Waals surface area contributed by atoms with Crippen molar-refractivity contribution < 1.29 is 32.4 Å². The number of urea groups is 1. The van der Waals surface area contributed by atoms with Gasteiger partial charge < -0.3 is 26.2 Å². The zero-order chi connectivity index (χ0) is 39.0. The Morgan fingerprint density at radius 3 is 2.09 bits per heavy atom. The van der Waals surface area contributed by atoms with Gasteiger partial charge in [0.1, 0.15) is 12.1 Å². The number of terminal acetylenes is 1. The van der Waals surface area contributed by atoms with E-state index in [0.29, 0.717) is 38.6 Å². The molecule has 0 aromatic carbocycles. The largest absolute Gasteiger partial charge is 0.347 e. The summed E-state index contributed by atoms with van der Waals surface area (Å²) in [7, 11) is -3.59. The minimum Gasteiger partial charge on any atom is -0.347 e. The molecule has 0 aromatic rings. The summed E-state index contributed by atoms with van der Waals surface area (Å²) in [5.41, 5.74) is -1.78. The van der Waals surface area contributed by atoms with Crippen molar-refractivity contribution in [2.24, 2.45) is 22.7 Å². The van der Waals surface area contributed by atoms with Crippen molar-refractivity contribution in [1.82, 2.24) is 26.2 Å². The topological polar surface area (TPSA) is 171 Å². The molecule has 5 amide bonds. The van der Waals surface area contributed by atoms with Crippen molar-refractivity contribution in [1.29, 1.82) is 0 Å². The first-order chi connectivity index (χ1) is 24.8. The van der Waals surface area contributed by atoms with Crippen LogP contribution in [0, 0.1) is 35.0 Å². The predicted octanol–water partition coefficient (Wildman–Crippen LogP) is 4.16. The molecule has 0 bridgehead atoms. The summed E-state index contributed by atoms with van der Waals surface area (Å²) in [5, 5.41) is 11.7. The van der Waals surface area contributed by atoms with E-state index in [2.05, 4.69) is 41.0 Å². The zero-order valence-corrected chi connectivity index (χ0v) is 33.6. The molecule has 12 nitrogen and oxygen atoms in total. The molecule has 53 heavy (non-hydrogen) atoms. The molecule has 4 saturated carbocycles. The maximum absolute atomic E-state index is 14.9. The fourth-order valence-corrected chi connectivity index (χ4v) is 11.2. The van der Waals surface area contributed by atoms with Crippen molar-refractivity contribution in [3.05, 3.63) is 0 Å². The average Bonchev–Trinajstić information content (AvgIpc) is 3.95. The number of sulfone groups is 1. The van der Waals surface area contributed by atoms with Crippen LogP contribution in [-0.2, 0) is 29.0 Å². The van der Waals surface area contributed by atoms with Crippen molar-refractivity contribution >= 4 is 39.4 Å². The van der Waals surface area contributed by atoms with Crippen molar-refractivity contribution in [3.8, 4) is 12.3 Å². The predicted molar refractivity (Wildman–Crippen MR) is 203 cm³/mol. The highest BCUT2D eigenvalue weighted by atomic mass is 32.2. The zero-order valence-electron chi connectivity index (χ0n) is 32.8. The summed E-state index contributed by atoms with van der Waals surface area (Å²) in [6.07, 6.45) is 15.6. The van der Waals surface area contributed by atoms with Crippen molar-refractivity contribution in [3.63, 3.8) is 0 Å². The number of carbonyl (C=O) groups is 5. The van der Waals surface area contributed by atoms with Gasteiger partial charge in [0.2, 0.25) is 17.6 Å². The van der Waals surface area contributed by atoms with E-state index in [-0.39, 0.29) is 47.8 Å². The van der Waals surface area contributed by atoms with Gasteiger partial charge in [0, 0.05) is 19.0 Å². The standard InChI is InChI=1S/C40H63N5O7S/c1-8-10-17-28(31(46)34(48)41-26-18-19-26)42-33(47)30-29-27(38(29,5)6)24-45(30)35(49)32(39(7)20-13-11-14-21-39)43-36(50)44-40(22-15-12-16-23-40)25-53(51,52)37(3,4)9-2/h1,26-30,32H,9-25H2,2-7H3,(H,41,48)(H,42,47)(H2,43,44,50)/t27-,28?,29?,30-,32+/m0/s1. The molecule has 5 aliphatic rings. The fraction of sp³-hybridized carbons (Fsp3) is 0.825. The smallest absolute Gasteiger partial charge is 0.315 e. The molecular formula is C40H63N5O7S. The van der Waals surface area contributed by atoms with Crippen LogP contribution < -0.4 is 21.3 Å². The van der Waals surface area contributed by atoms with Gasteiger partial charge in [-0.15, -0.1) is 12.3 Å². The van der Waals surface area contributed by atoms with Gasteiger partial charge >= 0.3 is 6.03 Å². The average molecular weight is 758 g/mol. The molecule has 5 atom stereocenters. The number of hydrogen-bond acceptors (Lipinski definition) is 7. The summed E-state index contributed by atoms with van der Waals surface area (Å²) in [6.45, 7) is 11.8. The van der Waals surface area contributed by atoms with E-state index in [0.717, 1.165) is 51.4 Å². The molecule has 13 heteroatoms. The Bertz CT molecular complexity index is 1580. The maximum atomic E-state index is 14.9. The minimum atomic E-state index is -3.59. The Balaban J connectivity index is 1.40. The SMILES string of the molecule is C#CCCC(NC(=O)[C@@H]1C2[C@H](CN1C(=O)[C@@H](NC(=O)NC1(CS(=O)(=O)C(C)(C)CC)CCCCC1)C1(C)CCCCC1)C2(C)C)C(=O)C(=O)NC1CC1. The lowest BCUT2D eigenvalue weighted by molar-refractivity contribution is -0.146. The molecule has 0 spiro atoms. The Kier molecular flexibility index (Phi) is 12.0. The van der Waals surface area contributed by atoms with Crippen LogP contribution in [0.25, 0.3) is 0 Å². The lowest BCUT2D eigenvalue weighted by Crippen LogP contribution is -2.65. The lowest BCUT2D eigenvalue weighted by Gasteiger charge is -2.44. The van der Waals surface area contributed by atoms with Gasteiger partial charge in [0.25, 0.3) is 5.91 Å². The number of piperidine rings is 1. The third-order valence-electron chi connectivity index (χ3n) is 13.7. The minimum absolute atomic E-state index is 0.0326. The van der Waals surface area contributed by atoms with E-state index in [4.69, 9.17) is 6.42 Å². The van der Waals surface area contributed by atoms with Gasteiger partial charge in [-0.2, -0.15) is 0 Å². The summed E-state index contributed by atoms with van der Waals surface area (Å²) < 4.78 is 26.4. The van der Waals surface area contributed by atoms with E-state index in [9.17, 15) is 32.4 Å². The number of nitrogens with zero attached hydrogens (tertiary/aromatic N) is 1. The number of likely N-dealkylation sites (tertiary alicyclic amines) is 1. The van der Waals surface area contributed by atoms with Gasteiger partial charge in [0.05, 0.1) is 22.1 Å². The number of hydrogen-bond donors (Lipinski definition) is 4. The van der Waals surface area contributed by atoms with Crippen LogP contribution in [0.1, 0.15) is 138 Å². The van der Waals surface area contributed by atoms with Crippen LogP contribution in [0.4, 0.5) is 4.79 Å². The van der Waals surface area contributed by atoms with Gasteiger partial charge in [-0.1, -0.05) is 66.2 Å². The van der Waals surface area contributed by atoms with E-state index >= 15 is 0 Å². The highest BCUT2D eigenvalue weighted by Crippen LogP contribution is 2.65. The number of rotatable bonds is 15. The van der Waals surface area contributed by atoms with Crippen LogP contribution in [0.5, 0.6) is 0 Å². The van der Waals surface area contributed by atoms with Gasteiger partial charge in [-0.05, 0) is 87.9 Å². The number of carbonyl (C=O) groups excluding carboxylic acids is 5. The number of ketones is 1. The molecule has 0 radical (unpaired) electrons. The highest BCUT2D eigenvalue weighted by Gasteiger charge is 2.70. The first-order valence-corrected chi connectivity index (χ1v) is 21.7. The van der Waals surface area contributed by atoms with Gasteiger partial charge in [-0.25, -0.2) is 13.2 Å². The number of fused-ring (bicyclic) bond motifs is 1. The molecule has 1 heterocycles. The maximum Gasteiger partial charge on any atom is 0.315 e. The van der Waals surface area contributed by atoms with Crippen molar-refractivity contribution in [2.45, 2.75) is 172 Å². The van der Waals surface area contributed by atoms with Crippen molar-refractivity contribution in [2.75, 3.05) is 12.3 Å². The summed E-state index contributed by atoms with van der Waals surface area (Å²) in [4.78, 5) is 70.9. The second-order valence-corrected chi connectivity index (χ2v) is 20.9. The van der Waals surface area contributed by atoms with E-state index in [1.54, 1.807) is 18.7 Å². The second-order valence-electron chi connectivity index (χ2n) is 18.3. The Hall–Kier alpha value is -3.14. The number of amides is 5. The monoisotopic (exact) mass is 757 g/mol. The lowest BCUT2D eigenvalue weighted by atomic mass is 9.70. The normalized spacial score (nSPS) is 26.9. The van der Waals surface area contributed by atoms with Crippen LogP contribution in [0.2, 0.25) is 0 Å². The number of Topliss-reactive ketones (excluding diaryl/α,β-unsaturated/α-hetero) is 1. The first-order valence-electron chi connectivity index (χ1n) is 20.0.